The molecule has 1 saturated carbocycles. The molecule has 1 fully saturated rings. The Hall–Kier alpha value is -2.34. The SMILES string of the molecule is CS(=O)(=O)Nc1cccc(C(=O)N[C@H](c2ccccc2)C2CC2)c1. The van der Waals surface area contributed by atoms with E-state index in [1.165, 1.54) is 0 Å². The maximum atomic E-state index is 12.6. The van der Waals surface area contributed by atoms with E-state index in [0.29, 0.717) is 17.2 Å². The number of rotatable bonds is 6. The van der Waals surface area contributed by atoms with Crippen LogP contribution in [-0.2, 0) is 10.0 Å². The summed E-state index contributed by atoms with van der Waals surface area (Å²) in [4.78, 5) is 12.6. The number of nitrogens with one attached hydrogen (secondary N) is 2. The van der Waals surface area contributed by atoms with Gasteiger partial charge >= 0.3 is 0 Å². The Kier molecular flexibility index (Phi) is 4.57. The Morgan fingerprint density at radius 1 is 1.08 bits per heavy atom. The highest BCUT2D eigenvalue weighted by Crippen LogP contribution is 2.41. The number of anilines is 1. The molecule has 24 heavy (non-hydrogen) atoms. The molecular weight excluding hydrogens is 324 g/mol. The fourth-order valence-corrected chi connectivity index (χ4v) is 3.28. The summed E-state index contributed by atoms with van der Waals surface area (Å²) in [7, 11) is -3.37. The minimum Gasteiger partial charge on any atom is -0.345 e. The van der Waals surface area contributed by atoms with Gasteiger partial charge in [0.1, 0.15) is 0 Å². The van der Waals surface area contributed by atoms with Crippen molar-refractivity contribution in [2.75, 3.05) is 11.0 Å². The normalized spacial score (nSPS) is 15.5. The van der Waals surface area contributed by atoms with Gasteiger partial charge in [-0.15, -0.1) is 0 Å². The van der Waals surface area contributed by atoms with Gasteiger partial charge in [0.2, 0.25) is 10.0 Å². The molecule has 0 unspecified atom stereocenters. The molecule has 126 valence electrons. The molecule has 1 amide bonds. The summed E-state index contributed by atoms with van der Waals surface area (Å²) >= 11 is 0. The van der Waals surface area contributed by atoms with Crippen LogP contribution in [0.2, 0.25) is 0 Å². The lowest BCUT2D eigenvalue weighted by molar-refractivity contribution is 0.0931. The van der Waals surface area contributed by atoms with Crippen molar-refractivity contribution in [3.05, 3.63) is 65.7 Å². The van der Waals surface area contributed by atoms with E-state index in [0.717, 1.165) is 24.7 Å². The van der Waals surface area contributed by atoms with Crippen molar-refractivity contribution in [3.63, 3.8) is 0 Å². The van der Waals surface area contributed by atoms with Crippen LogP contribution in [0.4, 0.5) is 5.69 Å². The second-order valence-electron chi connectivity index (χ2n) is 6.15. The van der Waals surface area contributed by atoms with Gasteiger partial charge in [0.15, 0.2) is 0 Å². The first-order valence-electron chi connectivity index (χ1n) is 7.86. The Bertz CT molecular complexity index is 830. The van der Waals surface area contributed by atoms with Crippen LogP contribution in [0, 0.1) is 5.92 Å². The Morgan fingerprint density at radius 3 is 2.42 bits per heavy atom. The average molecular weight is 344 g/mol. The van der Waals surface area contributed by atoms with Crippen molar-refractivity contribution in [1.29, 1.82) is 0 Å². The van der Waals surface area contributed by atoms with Gasteiger partial charge in [0.05, 0.1) is 12.3 Å². The lowest BCUT2D eigenvalue weighted by Gasteiger charge is -2.19. The molecule has 2 aromatic carbocycles. The number of sulfonamides is 1. The molecule has 1 aliphatic carbocycles. The number of carbonyl (C=O) groups excluding carboxylic acids is 1. The molecule has 0 saturated heterocycles. The fourth-order valence-electron chi connectivity index (χ4n) is 2.73. The first-order valence-corrected chi connectivity index (χ1v) is 9.75. The van der Waals surface area contributed by atoms with Gasteiger partial charge in [-0.2, -0.15) is 0 Å². The molecule has 0 aliphatic heterocycles. The summed E-state index contributed by atoms with van der Waals surface area (Å²) < 4.78 is 25.0. The Labute approximate surface area is 142 Å². The zero-order chi connectivity index (χ0) is 17.2. The van der Waals surface area contributed by atoms with E-state index < -0.39 is 10.0 Å². The van der Waals surface area contributed by atoms with E-state index in [2.05, 4.69) is 10.0 Å². The molecule has 0 spiro atoms. The van der Waals surface area contributed by atoms with Gasteiger partial charge in [0.25, 0.3) is 5.91 Å². The predicted molar refractivity (Wildman–Crippen MR) is 94.3 cm³/mol. The summed E-state index contributed by atoms with van der Waals surface area (Å²) in [6.45, 7) is 0. The van der Waals surface area contributed by atoms with Crippen molar-refractivity contribution >= 4 is 21.6 Å². The van der Waals surface area contributed by atoms with Gasteiger partial charge in [-0.3, -0.25) is 9.52 Å². The number of hydrogen-bond donors (Lipinski definition) is 2. The van der Waals surface area contributed by atoms with Crippen LogP contribution in [0.5, 0.6) is 0 Å². The number of carbonyl (C=O) groups is 1. The van der Waals surface area contributed by atoms with Gasteiger partial charge in [-0.1, -0.05) is 36.4 Å². The fraction of sp³-hybridized carbons (Fsp3) is 0.278. The summed E-state index contributed by atoms with van der Waals surface area (Å²) in [5.74, 6) is 0.265. The topological polar surface area (TPSA) is 75.3 Å². The molecule has 2 N–H and O–H groups in total. The minimum absolute atomic E-state index is 0.00905. The molecule has 0 heterocycles. The Morgan fingerprint density at radius 2 is 1.79 bits per heavy atom. The molecule has 2 aromatic rings. The second-order valence-corrected chi connectivity index (χ2v) is 7.90. The smallest absolute Gasteiger partial charge is 0.251 e. The first-order chi connectivity index (χ1) is 11.4. The van der Waals surface area contributed by atoms with Crippen molar-refractivity contribution in [2.24, 2.45) is 5.92 Å². The molecule has 6 heteroatoms. The van der Waals surface area contributed by atoms with Crippen LogP contribution in [0.3, 0.4) is 0 Å². The molecule has 5 nitrogen and oxygen atoms in total. The van der Waals surface area contributed by atoms with Gasteiger partial charge in [0, 0.05) is 11.3 Å². The van der Waals surface area contributed by atoms with Gasteiger partial charge < -0.3 is 5.32 Å². The van der Waals surface area contributed by atoms with E-state index in [1.807, 2.05) is 30.3 Å². The standard InChI is InChI=1S/C18H20N2O3S/c1-24(22,23)20-16-9-5-8-15(12-16)18(21)19-17(14-10-11-14)13-6-3-2-4-7-13/h2-9,12,14,17,20H,10-11H2,1H3,(H,19,21)/t17-/m1/s1. The average Bonchev–Trinajstić information content (AvgIpc) is 3.36. The van der Waals surface area contributed by atoms with E-state index in [-0.39, 0.29) is 11.9 Å². The zero-order valence-electron chi connectivity index (χ0n) is 13.4. The van der Waals surface area contributed by atoms with Crippen LogP contribution < -0.4 is 10.0 Å². The van der Waals surface area contributed by atoms with Crippen molar-refractivity contribution in [1.82, 2.24) is 5.32 Å². The molecule has 3 rings (SSSR count). The Balaban J connectivity index is 1.77. The highest BCUT2D eigenvalue weighted by molar-refractivity contribution is 7.92. The monoisotopic (exact) mass is 344 g/mol. The lowest BCUT2D eigenvalue weighted by atomic mass is 10.0. The van der Waals surface area contributed by atoms with Crippen LogP contribution in [0.1, 0.15) is 34.8 Å². The van der Waals surface area contributed by atoms with Crippen molar-refractivity contribution in [3.8, 4) is 0 Å². The van der Waals surface area contributed by atoms with Gasteiger partial charge in [-0.25, -0.2) is 8.42 Å². The maximum absolute atomic E-state index is 12.6. The van der Waals surface area contributed by atoms with Crippen LogP contribution >= 0.6 is 0 Å². The maximum Gasteiger partial charge on any atom is 0.251 e. The highest BCUT2D eigenvalue weighted by atomic mass is 32.2. The molecule has 0 radical (unpaired) electrons. The lowest BCUT2D eigenvalue weighted by Crippen LogP contribution is -2.30. The second kappa shape index (κ2) is 6.65. The largest absolute Gasteiger partial charge is 0.345 e. The quantitative estimate of drug-likeness (QED) is 0.846. The number of amides is 1. The third-order valence-corrected chi connectivity index (χ3v) is 4.57. The summed E-state index contributed by atoms with van der Waals surface area (Å²) in [5, 5.41) is 3.09. The molecule has 0 bridgehead atoms. The van der Waals surface area contributed by atoms with Crippen LogP contribution in [-0.4, -0.2) is 20.6 Å². The van der Waals surface area contributed by atoms with E-state index in [1.54, 1.807) is 24.3 Å². The van der Waals surface area contributed by atoms with E-state index in [4.69, 9.17) is 0 Å². The highest BCUT2D eigenvalue weighted by Gasteiger charge is 2.33. The summed E-state index contributed by atoms with van der Waals surface area (Å²) in [6.07, 6.45) is 3.29. The summed E-state index contributed by atoms with van der Waals surface area (Å²) in [6, 6.07) is 16.4. The number of hydrogen-bond acceptors (Lipinski definition) is 3. The van der Waals surface area contributed by atoms with Crippen molar-refractivity contribution in [2.45, 2.75) is 18.9 Å². The third-order valence-electron chi connectivity index (χ3n) is 3.97. The molecular formula is C18H20N2O3S. The molecule has 0 aromatic heterocycles. The van der Waals surface area contributed by atoms with Crippen molar-refractivity contribution < 1.29 is 13.2 Å². The molecule has 1 atom stereocenters. The van der Waals surface area contributed by atoms with Crippen LogP contribution in [0.15, 0.2) is 54.6 Å². The predicted octanol–water partition coefficient (Wildman–Crippen LogP) is 2.94. The van der Waals surface area contributed by atoms with E-state index >= 15 is 0 Å². The third kappa shape index (κ3) is 4.35. The minimum atomic E-state index is -3.37. The van der Waals surface area contributed by atoms with Crippen LogP contribution in [0.25, 0.3) is 0 Å². The zero-order valence-corrected chi connectivity index (χ0v) is 14.2. The summed E-state index contributed by atoms with van der Waals surface area (Å²) in [5.41, 5.74) is 1.91. The van der Waals surface area contributed by atoms with E-state index in [9.17, 15) is 13.2 Å². The number of benzene rings is 2. The first kappa shape index (κ1) is 16.5. The molecule has 1 aliphatic rings. The van der Waals surface area contributed by atoms with Gasteiger partial charge in [-0.05, 0) is 42.5 Å².